The number of hydrogen-bond donors (Lipinski definition) is 0. The Balaban J connectivity index is 1.70. The molecular formula is C17H16N4O2S2. The first-order chi connectivity index (χ1) is 12.0. The van der Waals surface area contributed by atoms with Crippen LogP contribution in [0.5, 0.6) is 0 Å². The van der Waals surface area contributed by atoms with E-state index < -0.39 is 10.0 Å². The van der Waals surface area contributed by atoms with Crippen LogP contribution in [0.25, 0.3) is 22.0 Å². The summed E-state index contributed by atoms with van der Waals surface area (Å²) in [5, 5.41) is 2.81. The van der Waals surface area contributed by atoms with E-state index in [0.717, 1.165) is 46.1 Å². The monoisotopic (exact) mass is 372 g/mol. The SMILES string of the molecule is CS(=O)(=O)N1CCCc2cc(-c3csc(-c4cnccn4)n3)ccc21. The summed E-state index contributed by atoms with van der Waals surface area (Å²) in [7, 11) is -3.24. The Hall–Kier alpha value is -2.32. The number of hydrogen-bond acceptors (Lipinski definition) is 6. The summed E-state index contributed by atoms with van der Waals surface area (Å²) in [5.74, 6) is 0. The van der Waals surface area contributed by atoms with Gasteiger partial charge in [0.1, 0.15) is 10.7 Å². The van der Waals surface area contributed by atoms with Crippen LogP contribution in [0.4, 0.5) is 5.69 Å². The number of anilines is 1. The first-order valence-corrected chi connectivity index (χ1v) is 10.6. The van der Waals surface area contributed by atoms with Gasteiger partial charge in [-0.2, -0.15) is 0 Å². The quantitative estimate of drug-likeness (QED) is 0.706. The Kier molecular flexibility index (Phi) is 4.01. The van der Waals surface area contributed by atoms with Gasteiger partial charge in [-0.05, 0) is 30.5 Å². The van der Waals surface area contributed by atoms with E-state index in [-0.39, 0.29) is 0 Å². The van der Waals surface area contributed by atoms with Crippen LogP contribution in [0.3, 0.4) is 0 Å². The van der Waals surface area contributed by atoms with Crippen LogP contribution in [-0.4, -0.2) is 36.2 Å². The Morgan fingerprint density at radius 3 is 2.84 bits per heavy atom. The fourth-order valence-corrected chi connectivity index (χ4v) is 4.79. The van der Waals surface area contributed by atoms with Crippen molar-refractivity contribution in [1.82, 2.24) is 15.0 Å². The second-order valence-electron chi connectivity index (χ2n) is 5.91. The van der Waals surface area contributed by atoms with E-state index in [4.69, 9.17) is 0 Å². The van der Waals surface area contributed by atoms with Gasteiger partial charge < -0.3 is 0 Å². The number of aromatic nitrogens is 3. The van der Waals surface area contributed by atoms with E-state index in [9.17, 15) is 8.42 Å². The molecule has 0 N–H and O–H groups in total. The lowest BCUT2D eigenvalue weighted by Crippen LogP contribution is -2.34. The fourth-order valence-electron chi connectivity index (χ4n) is 3.00. The number of nitrogens with zero attached hydrogens (tertiary/aromatic N) is 4. The van der Waals surface area contributed by atoms with Gasteiger partial charge in [-0.1, -0.05) is 6.07 Å². The van der Waals surface area contributed by atoms with Crippen LogP contribution in [0.1, 0.15) is 12.0 Å². The van der Waals surface area contributed by atoms with Crippen molar-refractivity contribution in [2.24, 2.45) is 0 Å². The molecule has 2 aromatic heterocycles. The third kappa shape index (κ3) is 3.14. The van der Waals surface area contributed by atoms with Crippen molar-refractivity contribution < 1.29 is 8.42 Å². The predicted octanol–water partition coefficient (Wildman–Crippen LogP) is 2.98. The summed E-state index contributed by atoms with van der Waals surface area (Å²) in [6.45, 7) is 0.540. The maximum Gasteiger partial charge on any atom is 0.232 e. The van der Waals surface area contributed by atoms with Crippen LogP contribution in [-0.2, 0) is 16.4 Å². The summed E-state index contributed by atoms with van der Waals surface area (Å²) in [6, 6.07) is 5.85. The maximum absolute atomic E-state index is 12.0. The van der Waals surface area contributed by atoms with E-state index in [1.807, 2.05) is 23.6 Å². The molecule has 128 valence electrons. The normalized spacial score (nSPS) is 14.4. The van der Waals surface area contributed by atoms with E-state index >= 15 is 0 Å². The lowest BCUT2D eigenvalue weighted by atomic mass is 10.00. The Bertz CT molecular complexity index is 1020. The molecule has 25 heavy (non-hydrogen) atoms. The Morgan fingerprint density at radius 2 is 2.08 bits per heavy atom. The standard InChI is InChI=1S/C17H16N4O2S2/c1-25(22,23)21-8-2-3-13-9-12(4-5-16(13)21)15-11-24-17(20-15)14-10-18-6-7-19-14/h4-7,9-11H,2-3,8H2,1H3. The van der Waals surface area contributed by atoms with E-state index in [2.05, 4.69) is 15.0 Å². The van der Waals surface area contributed by atoms with Crippen molar-refractivity contribution in [3.8, 4) is 22.0 Å². The van der Waals surface area contributed by atoms with Crippen molar-refractivity contribution in [1.29, 1.82) is 0 Å². The van der Waals surface area contributed by atoms with Gasteiger partial charge in [0.2, 0.25) is 10.0 Å². The molecule has 0 bridgehead atoms. The molecule has 6 nitrogen and oxygen atoms in total. The fraction of sp³-hybridized carbons (Fsp3) is 0.235. The second kappa shape index (κ2) is 6.20. The topological polar surface area (TPSA) is 76.1 Å². The molecule has 0 unspecified atom stereocenters. The number of benzene rings is 1. The number of thiazole rings is 1. The molecule has 0 amide bonds. The van der Waals surface area contributed by atoms with Crippen molar-refractivity contribution >= 4 is 27.0 Å². The van der Waals surface area contributed by atoms with Gasteiger partial charge in [0.05, 0.1) is 23.8 Å². The molecule has 0 spiro atoms. The third-order valence-corrected chi connectivity index (χ3v) is 6.18. The van der Waals surface area contributed by atoms with Gasteiger partial charge in [-0.3, -0.25) is 14.3 Å². The Labute approximate surface area is 150 Å². The van der Waals surface area contributed by atoms with Gasteiger partial charge in [-0.15, -0.1) is 11.3 Å². The van der Waals surface area contributed by atoms with Crippen LogP contribution in [0.15, 0.2) is 42.2 Å². The number of sulfonamides is 1. The Morgan fingerprint density at radius 1 is 1.20 bits per heavy atom. The van der Waals surface area contributed by atoms with Gasteiger partial charge in [0.25, 0.3) is 0 Å². The van der Waals surface area contributed by atoms with Crippen LogP contribution in [0.2, 0.25) is 0 Å². The molecule has 4 rings (SSSR count). The molecule has 0 saturated carbocycles. The number of fused-ring (bicyclic) bond motifs is 1. The van der Waals surface area contributed by atoms with Crippen molar-refractivity contribution in [2.45, 2.75) is 12.8 Å². The van der Waals surface area contributed by atoms with Crippen LogP contribution in [0, 0.1) is 0 Å². The van der Waals surface area contributed by atoms with Crippen molar-refractivity contribution in [3.63, 3.8) is 0 Å². The lowest BCUT2D eigenvalue weighted by Gasteiger charge is -2.29. The van der Waals surface area contributed by atoms with Gasteiger partial charge >= 0.3 is 0 Å². The highest BCUT2D eigenvalue weighted by atomic mass is 32.2. The zero-order valence-electron chi connectivity index (χ0n) is 13.6. The molecule has 1 aliphatic heterocycles. The molecule has 8 heteroatoms. The van der Waals surface area contributed by atoms with E-state index in [0.29, 0.717) is 6.54 Å². The average molecular weight is 372 g/mol. The first-order valence-electron chi connectivity index (χ1n) is 7.85. The zero-order chi connectivity index (χ0) is 17.4. The second-order valence-corrected chi connectivity index (χ2v) is 8.68. The molecule has 0 radical (unpaired) electrons. The number of rotatable bonds is 3. The first kappa shape index (κ1) is 16.2. The third-order valence-electron chi connectivity index (χ3n) is 4.14. The molecule has 1 aliphatic rings. The zero-order valence-corrected chi connectivity index (χ0v) is 15.2. The van der Waals surface area contributed by atoms with Gasteiger partial charge in [0.15, 0.2) is 0 Å². The lowest BCUT2D eigenvalue weighted by molar-refractivity contribution is 0.592. The predicted molar refractivity (Wildman–Crippen MR) is 99.1 cm³/mol. The highest BCUT2D eigenvalue weighted by Gasteiger charge is 2.24. The van der Waals surface area contributed by atoms with Gasteiger partial charge in [-0.25, -0.2) is 13.4 Å². The summed E-state index contributed by atoms with van der Waals surface area (Å²) in [6.07, 6.45) is 7.93. The number of aryl methyl sites for hydroxylation is 1. The molecule has 0 fully saturated rings. The van der Waals surface area contributed by atoms with E-state index in [1.54, 1.807) is 18.6 Å². The highest BCUT2D eigenvalue weighted by Crippen LogP contribution is 2.34. The molecular weight excluding hydrogens is 356 g/mol. The summed E-state index contributed by atoms with van der Waals surface area (Å²) in [4.78, 5) is 13.0. The minimum atomic E-state index is -3.24. The van der Waals surface area contributed by atoms with Crippen LogP contribution < -0.4 is 4.31 Å². The summed E-state index contributed by atoms with van der Waals surface area (Å²) < 4.78 is 25.4. The highest BCUT2D eigenvalue weighted by molar-refractivity contribution is 7.92. The molecule has 0 saturated heterocycles. The minimum absolute atomic E-state index is 0.540. The smallest absolute Gasteiger partial charge is 0.232 e. The van der Waals surface area contributed by atoms with Crippen molar-refractivity contribution in [2.75, 3.05) is 17.1 Å². The summed E-state index contributed by atoms with van der Waals surface area (Å²) in [5.41, 5.74) is 4.43. The molecule has 0 aliphatic carbocycles. The van der Waals surface area contributed by atoms with E-state index in [1.165, 1.54) is 21.9 Å². The minimum Gasteiger partial charge on any atom is -0.270 e. The maximum atomic E-state index is 12.0. The molecule has 3 heterocycles. The largest absolute Gasteiger partial charge is 0.270 e. The molecule has 0 atom stereocenters. The average Bonchev–Trinajstić information content (AvgIpc) is 3.11. The van der Waals surface area contributed by atoms with Crippen molar-refractivity contribution in [3.05, 3.63) is 47.7 Å². The summed E-state index contributed by atoms with van der Waals surface area (Å²) >= 11 is 1.52. The molecule has 1 aromatic carbocycles. The molecule has 3 aromatic rings. The van der Waals surface area contributed by atoms with Crippen LogP contribution >= 0.6 is 11.3 Å². The van der Waals surface area contributed by atoms with Gasteiger partial charge in [0, 0.05) is 29.9 Å².